The van der Waals surface area contributed by atoms with Crippen molar-refractivity contribution in [2.45, 2.75) is 13.8 Å². The van der Waals surface area contributed by atoms with E-state index in [0.29, 0.717) is 29.4 Å². The number of hydrazine groups is 1. The number of carbonyl (C=O) groups excluding carboxylic acids is 2. The van der Waals surface area contributed by atoms with E-state index in [4.69, 9.17) is 13.9 Å². The number of fused-ring (bicyclic) bond motifs is 1. The maximum Gasteiger partial charge on any atom is 0.273 e. The molecule has 0 fully saturated rings. The molecule has 0 saturated carbocycles. The van der Waals surface area contributed by atoms with Gasteiger partial charge in [0.2, 0.25) is 0 Å². The topological polar surface area (TPSA) is 107 Å². The van der Waals surface area contributed by atoms with Crippen molar-refractivity contribution >= 4 is 22.8 Å². The van der Waals surface area contributed by atoms with Gasteiger partial charge in [-0.2, -0.15) is 0 Å². The minimum atomic E-state index is -0.632. The number of nitrogens with one attached hydrogen (secondary N) is 2. The van der Waals surface area contributed by atoms with Gasteiger partial charge in [-0.1, -0.05) is 36.4 Å². The minimum absolute atomic E-state index is 0.112. The van der Waals surface area contributed by atoms with Gasteiger partial charge >= 0.3 is 0 Å². The Morgan fingerprint density at radius 1 is 0.914 bits per heavy atom. The van der Waals surface area contributed by atoms with E-state index in [2.05, 4.69) is 10.9 Å². The quantitative estimate of drug-likeness (QED) is 0.406. The second-order valence-corrected chi connectivity index (χ2v) is 7.64. The van der Waals surface area contributed by atoms with Crippen molar-refractivity contribution in [1.29, 1.82) is 0 Å². The van der Waals surface area contributed by atoms with Gasteiger partial charge in [-0.15, -0.1) is 0 Å². The van der Waals surface area contributed by atoms with Gasteiger partial charge in [0.1, 0.15) is 5.76 Å². The molecule has 0 radical (unpaired) electrons. The SMILES string of the molecule is CCOc1ccc(C(=O)NNC(=O)c2cccc3c(=O)c(C)c(-c4ccccc4)oc23)cc1OC. The van der Waals surface area contributed by atoms with Crippen LogP contribution < -0.4 is 25.8 Å². The average molecular weight is 472 g/mol. The molecule has 8 heteroatoms. The number of amides is 2. The van der Waals surface area contributed by atoms with Crippen LogP contribution in [0.25, 0.3) is 22.3 Å². The van der Waals surface area contributed by atoms with Crippen molar-refractivity contribution < 1.29 is 23.5 Å². The number of para-hydroxylation sites is 1. The summed E-state index contributed by atoms with van der Waals surface area (Å²) in [6.45, 7) is 3.98. The molecule has 0 aliphatic rings. The molecule has 4 aromatic rings. The molecular weight excluding hydrogens is 448 g/mol. The molecule has 0 spiro atoms. The molecular formula is C27H24N2O6. The first-order valence-corrected chi connectivity index (χ1v) is 11.0. The van der Waals surface area contributed by atoms with Crippen LogP contribution in [-0.2, 0) is 0 Å². The van der Waals surface area contributed by atoms with Gasteiger partial charge in [0.15, 0.2) is 22.5 Å². The van der Waals surface area contributed by atoms with Crippen LogP contribution in [0.1, 0.15) is 33.2 Å². The van der Waals surface area contributed by atoms with Crippen LogP contribution in [0.2, 0.25) is 0 Å². The van der Waals surface area contributed by atoms with E-state index in [1.54, 1.807) is 31.2 Å². The molecule has 1 heterocycles. The van der Waals surface area contributed by atoms with Gasteiger partial charge in [0.05, 0.1) is 24.7 Å². The zero-order chi connectivity index (χ0) is 24.9. The monoisotopic (exact) mass is 472 g/mol. The maximum atomic E-state index is 13.0. The summed E-state index contributed by atoms with van der Waals surface area (Å²) < 4.78 is 16.8. The molecule has 0 atom stereocenters. The fourth-order valence-electron chi connectivity index (χ4n) is 3.69. The highest BCUT2D eigenvalue weighted by atomic mass is 16.5. The number of hydrogen-bond donors (Lipinski definition) is 2. The zero-order valence-corrected chi connectivity index (χ0v) is 19.5. The highest BCUT2D eigenvalue weighted by molar-refractivity contribution is 6.06. The molecule has 8 nitrogen and oxygen atoms in total. The number of methoxy groups -OCH3 is 1. The third kappa shape index (κ3) is 4.72. The fourth-order valence-corrected chi connectivity index (χ4v) is 3.69. The lowest BCUT2D eigenvalue weighted by atomic mass is 10.0. The zero-order valence-electron chi connectivity index (χ0n) is 19.5. The van der Waals surface area contributed by atoms with Gasteiger partial charge in [-0.3, -0.25) is 25.2 Å². The highest BCUT2D eigenvalue weighted by Gasteiger charge is 2.19. The first kappa shape index (κ1) is 23.6. The molecule has 178 valence electrons. The van der Waals surface area contributed by atoms with Crippen molar-refractivity contribution in [1.82, 2.24) is 10.9 Å². The summed E-state index contributed by atoms with van der Waals surface area (Å²) in [6, 6.07) is 18.6. The fraction of sp³-hybridized carbons (Fsp3) is 0.148. The van der Waals surface area contributed by atoms with Gasteiger partial charge in [0.25, 0.3) is 11.8 Å². The Morgan fingerprint density at radius 3 is 2.37 bits per heavy atom. The Kier molecular flexibility index (Phi) is 6.82. The largest absolute Gasteiger partial charge is 0.493 e. The average Bonchev–Trinajstić information content (AvgIpc) is 2.89. The first-order chi connectivity index (χ1) is 16.9. The summed E-state index contributed by atoms with van der Waals surface area (Å²) in [5.74, 6) is 0.0975. The highest BCUT2D eigenvalue weighted by Crippen LogP contribution is 2.29. The van der Waals surface area contributed by atoms with E-state index in [1.807, 2.05) is 37.3 Å². The van der Waals surface area contributed by atoms with Gasteiger partial charge < -0.3 is 13.9 Å². The van der Waals surface area contributed by atoms with Crippen LogP contribution in [0.5, 0.6) is 11.5 Å². The van der Waals surface area contributed by atoms with Crippen molar-refractivity contribution in [3.05, 3.63) is 93.6 Å². The summed E-state index contributed by atoms with van der Waals surface area (Å²) >= 11 is 0. The Labute approximate surface area is 201 Å². The third-order valence-corrected chi connectivity index (χ3v) is 5.44. The number of benzene rings is 3. The Bertz CT molecular complexity index is 1460. The normalized spacial score (nSPS) is 10.6. The van der Waals surface area contributed by atoms with Gasteiger partial charge in [-0.05, 0) is 44.2 Å². The van der Waals surface area contributed by atoms with Crippen LogP contribution in [0, 0.1) is 6.92 Å². The van der Waals surface area contributed by atoms with E-state index in [1.165, 1.54) is 19.2 Å². The predicted molar refractivity (Wildman–Crippen MR) is 132 cm³/mol. The molecule has 0 saturated heterocycles. The number of rotatable bonds is 6. The van der Waals surface area contributed by atoms with Crippen LogP contribution >= 0.6 is 0 Å². The third-order valence-electron chi connectivity index (χ3n) is 5.44. The Morgan fingerprint density at radius 2 is 1.66 bits per heavy atom. The molecule has 2 amide bonds. The van der Waals surface area contributed by atoms with Crippen molar-refractivity contribution in [3.8, 4) is 22.8 Å². The molecule has 0 bridgehead atoms. The molecule has 0 aliphatic heterocycles. The van der Waals surface area contributed by atoms with E-state index in [-0.39, 0.29) is 27.5 Å². The van der Waals surface area contributed by atoms with Crippen LogP contribution in [0.4, 0.5) is 0 Å². The minimum Gasteiger partial charge on any atom is -0.493 e. The van der Waals surface area contributed by atoms with Crippen molar-refractivity contribution in [2.75, 3.05) is 13.7 Å². The van der Waals surface area contributed by atoms with E-state index < -0.39 is 11.8 Å². The smallest absolute Gasteiger partial charge is 0.273 e. The van der Waals surface area contributed by atoms with Crippen molar-refractivity contribution in [3.63, 3.8) is 0 Å². The Hall–Kier alpha value is -4.59. The summed E-state index contributed by atoms with van der Waals surface area (Å²) in [7, 11) is 1.47. The summed E-state index contributed by atoms with van der Waals surface area (Å²) in [4.78, 5) is 38.6. The summed E-state index contributed by atoms with van der Waals surface area (Å²) in [6.07, 6.45) is 0. The molecule has 35 heavy (non-hydrogen) atoms. The van der Waals surface area contributed by atoms with Crippen LogP contribution in [0.15, 0.2) is 75.9 Å². The van der Waals surface area contributed by atoms with Crippen molar-refractivity contribution in [2.24, 2.45) is 0 Å². The van der Waals surface area contributed by atoms with E-state index in [9.17, 15) is 14.4 Å². The first-order valence-electron chi connectivity index (χ1n) is 11.0. The molecule has 0 aliphatic carbocycles. The molecule has 2 N–H and O–H groups in total. The number of hydrogen-bond acceptors (Lipinski definition) is 6. The maximum absolute atomic E-state index is 13.0. The second-order valence-electron chi connectivity index (χ2n) is 7.64. The lowest BCUT2D eigenvalue weighted by Gasteiger charge is -2.13. The van der Waals surface area contributed by atoms with Crippen LogP contribution in [-0.4, -0.2) is 25.5 Å². The summed E-state index contributed by atoms with van der Waals surface area (Å²) in [5, 5.41) is 0.275. The van der Waals surface area contributed by atoms with E-state index >= 15 is 0 Å². The van der Waals surface area contributed by atoms with Gasteiger partial charge in [-0.25, -0.2) is 0 Å². The lowest BCUT2D eigenvalue weighted by Crippen LogP contribution is -2.41. The standard InChI is InChI=1S/C27H24N2O6/c1-4-34-21-14-13-18(15-22(21)33-3)26(31)28-29-27(32)20-12-8-11-19-23(30)16(2)24(35-25(19)20)17-9-6-5-7-10-17/h5-15H,4H2,1-3H3,(H,28,31)(H,29,32). The molecule has 0 unspecified atom stereocenters. The molecule has 4 rings (SSSR count). The number of ether oxygens (including phenoxy) is 2. The predicted octanol–water partition coefficient (Wildman–Crippen LogP) is 4.25. The summed E-state index contributed by atoms with van der Waals surface area (Å²) in [5.41, 5.74) is 6.21. The Balaban J connectivity index is 1.61. The van der Waals surface area contributed by atoms with Gasteiger partial charge in [0, 0.05) is 16.7 Å². The molecule has 1 aromatic heterocycles. The lowest BCUT2D eigenvalue weighted by molar-refractivity contribution is 0.0846. The van der Waals surface area contributed by atoms with E-state index in [0.717, 1.165) is 5.56 Å². The second kappa shape index (κ2) is 10.1. The molecule has 3 aromatic carbocycles. The van der Waals surface area contributed by atoms with Crippen LogP contribution in [0.3, 0.4) is 0 Å². The number of carbonyl (C=O) groups is 2.